The quantitative estimate of drug-likeness (QED) is 0.461. The highest BCUT2D eigenvalue weighted by molar-refractivity contribution is 5.90. The molecule has 0 amide bonds. The maximum atomic E-state index is 12.2. The zero-order valence-electron chi connectivity index (χ0n) is 16.7. The van der Waals surface area contributed by atoms with Crippen LogP contribution in [-0.4, -0.2) is 28.5 Å². The van der Waals surface area contributed by atoms with E-state index in [0.29, 0.717) is 0 Å². The van der Waals surface area contributed by atoms with E-state index in [1.165, 1.54) is 0 Å². The summed E-state index contributed by atoms with van der Waals surface area (Å²) in [4.78, 5) is 16.3. The van der Waals surface area contributed by atoms with Crippen molar-refractivity contribution in [3.05, 3.63) is 89.4 Å². The van der Waals surface area contributed by atoms with Gasteiger partial charge >= 0.3 is 0 Å². The van der Waals surface area contributed by atoms with Crippen LogP contribution in [0.1, 0.15) is 34.7 Å². The molecular formula is C25H22N4O. The molecule has 2 N–H and O–H groups in total. The molecule has 30 heavy (non-hydrogen) atoms. The first-order valence-corrected chi connectivity index (χ1v) is 10.0. The highest BCUT2D eigenvalue weighted by atomic mass is 16.1. The van der Waals surface area contributed by atoms with E-state index in [2.05, 4.69) is 44.8 Å². The number of nitrogens with one attached hydrogen (secondary N) is 2. The topological polar surface area (TPSA) is 70.7 Å². The van der Waals surface area contributed by atoms with E-state index in [9.17, 15) is 4.79 Å². The second-order valence-corrected chi connectivity index (χ2v) is 7.74. The van der Waals surface area contributed by atoms with Gasteiger partial charge in [-0.05, 0) is 47.4 Å². The number of fused-ring (bicyclic) bond motifs is 1. The number of aldehydes is 1. The number of anilines is 1. The van der Waals surface area contributed by atoms with E-state index in [0.717, 1.165) is 51.7 Å². The minimum Gasteiger partial charge on any atom is -0.388 e. The van der Waals surface area contributed by atoms with Gasteiger partial charge in [-0.2, -0.15) is 5.10 Å². The Morgan fingerprint density at radius 1 is 1.13 bits per heavy atom. The van der Waals surface area contributed by atoms with Crippen molar-refractivity contribution in [2.75, 3.05) is 12.4 Å². The lowest BCUT2D eigenvalue weighted by molar-refractivity contribution is -0.110. The number of hydrogen-bond donors (Lipinski definition) is 2. The Kier molecular flexibility index (Phi) is 4.43. The van der Waals surface area contributed by atoms with Gasteiger partial charge in [-0.1, -0.05) is 42.5 Å². The number of hydrogen-bond acceptors (Lipinski definition) is 4. The summed E-state index contributed by atoms with van der Waals surface area (Å²) in [5.74, 6) is 0.173. The van der Waals surface area contributed by atoms with Crippen LogP contribution in [0, 0.1) is 0 Å². The molecule has 2 aromatic carbocycles. The van der Waals surface area contributed by atoms with Gasteiger partial charge in [0.05, 0.1) is 16.6 Å². The molecule has 1 aliphatic carbocycles. The molecule has 0 aliphatic heterocycles. The molecule has 0 radical (unpaired) electrons. The van der Waals surface area contributed by atoms with E-state index in [4.69, 9.17) is 0 Å². The number of aromatic amines is 1. The van der Waals surface area contributed by atoms with Crippen molar-refractivity contribution >= 4 is 35.0 Å². The molecule has 1 saturated carbocycles. The minimum atomic E-state index is -0.462. The minimum absolute atomic E-state index is 0.173. The summed E-state index contributed by atoms with van der Waals surface area (Å²) in [5, 5.41) is 11.9. The molecule has 0 spiro atoms. The zero-order chi connectivity index (χ0) is 20.6. The molecule has 2 aromatic heterocycles. The van der Waals surface area contributed by atoms with Crippen molar-refractivity contribution < 1.29 is 4.79 Å². The van der Waals surface area contributed by atoms with E-state index in [1.807, 2.05) is 55.7 Å². The first kappa shape index (κ1) is 18.3. The Hall–Kier alpha value is -3.73. The van der Waals surface area contributed by atoms with Crippen LogP contribution in [0.4, 0.5) is 5.69 Å². The Morgan fingerprint density at radius 3 is 2.83 bits per heavy atom. The van der Waals surface area contributed by atoms with Crippen LogP contribution >= 0.6 is 0 Å². The van der Waals surface area contributed by atoms with Crippen LogP contribution in [0.3, 0.4) is 0 Å². The van der Waals surface area contributed by atoms with E-state index in [1.54, 1.807) is 6.20 Å². The first-order chi connectivity index (χ1) is 14.7. The van der Waals surface area contributed by atoms with Crippen LogP contribution in [0.5, 0.6) is 0 Å². The van der Waals surface area contributed by atoms with Gasteiger partial charge in [0.25, 0.3) is 0 Å². The summed E-state index contributed by atoms with van der Waals surface area (Å²) in [6.45, 7) is 0. The number of H-pyrrole nitrogens is 1. The number of rotatable bonds is 6. The highest BCUT2D eigenvalue weighted by Crippen LogP contribution is 2.60. The molecule has 0 unspecified atom stereocenters. The molecule has 4 aromatic rings. The molecule has 5 nitrogen and oxygen atoms in total. The van der Waals surface area contributed by atoms with Crippen LogP contribution in [0.2, 0.25) is 0 Å². The van der Waals surface area contributed by atoms with Crippen LogP contribution in [0.15, 0.2) is 67.0 Å². The van der Waals surface area contributed by atoms with Crippen molar-refractivity contribution in [2.24, 2.45) is 0 Å². The third kappa shape index (κ3) is 2.99. The SMILES string of the molecule is CNc1ccccc1[C@]1(C=O)C[C@@H]1c1ccc2c(/C=C/c3cccnc3)n[nH]c2c1. The lowest BCUT2D eigenvalue weighted by atomic mass is 9.90. The van der Waals surface area contributed by atoms with Crippen LogP contribution in [-0.2, 0) is 10.2 Å². The lowest BCUT2D eigenvalue weighted by Gasteiger charge is -2.16. The molecule has 5 rings (SSSR count). The Bertz CT molecular complexity index is 1240. The normalized spacial score (nSPS) is 20.5. The van der Waals surface area contributed by atoms with Crippen LogP contribution < -0.4 is 5.32 Å². The summed E-state index contributed by atoms with van der Waals surface area (Å²) in [6.07, 6.45) is 9.51. The average Bonchev–Trinajstić information content (AvgIpc) is 3.43. The number of para-hydroxylation sites is 1. The standard InChI is InChI=1S/C25H22N4O/c1-26-23-7-3-2-6-20(23)25(16-30)14-21(25)18-9-10-19-22(28-29-24(19)13-18)11-8-17-5-4-12-27-15-17/h2-13,15-16,21,26H,14H2,1H3,(H,28,29)/b11-8+/t21-,25-/m1/s1. The first-order valence-electron chi connectivity index (χ1n) is 10.0. The number of aromatic nitrogens is 3. The molecule has 1 fully saturated rings. The number of pyridine rings is 1. The van der Waals surface area contributed by atoms with Gasteiger partial charge in [0.15, 0.2) is 0 Å². The lowest BCUT2D eigenvalue weighted by Crippen LogP contribution is -2.13. The fourth-order valence-corrected chi connectivity index (χ4v) is 4.34. The Labute approximate surface area is 174 Å². The molecule has 1 aliphatic rings. The van der Waals surface area contributed by atoms with E-state index >= 15 is 0 Å². The molecule has 0 bridgehead atoms. The van der Waals surface area contributed by atoms with Gasteiger partial charge in [-0.15, -0.1) is 0 Å². The zero-order valence-corrected chi connectivity index (χ0v) is 16.7. The van der Waals surface area contributed by atoms with Crippen molar-refractivity contribution in [1.82, 2.24) is 15.2 Å². The predicted octanol–water partition coefficient (Wildman–Crippen LogP) is 4.79. The van der Waals surface area contributed by atoms with Gasteiger partial charge in [-0.3, -0.25) is 10.1 Å². The summed E-state index contributed by atoms with van der Waals surface area (Å²) >= 11 is 0. The predicted molar refractivity (Wildman–Crippen MR) is 120 cm³/mol. The maximum Gasteiger partial charge on any atom is 0.131 e. The van der Waals surface area contributed by atoms with E-state index in [-0.39, 0.29) is 5.92 Å². The molecule has 2 atom stereocenters. The fourth-order valence-electron chi connectivity index (χ4n) is 4.34. The van der Waals surface area contributed by atoms with Gasteiger partial charge in [0.1, 0.15) is 6.29 Å². The number of benzene rings is 2. The Morgan fingerprint density at radius 2 is 2.03 bits per heavy atom. The van der Waals surface area contributed by atoms with Crippen molar-refractivity contribution in [2.45, 2.75) is 17.8 Å². The van der Waals surface area contributed by atoms with Gasteiger partial charge < -0.3 is 10.1 Å². The smallest absolute Gasteiger partial charge is 0.131 e. The average molecular weight is 394 g/mol. The van der Waals surface area contributed by atoms with Crippen molar-refractivity contribution in [1.29, 1.82) is 0 Å². The molecular weight excluding hydrogens is 372 g/mol. The summed E-state index contributed by atoms with van der Waals surface area (Å²) < 4.78 is 0. The summed E-state index contributed by atoms with van der Waals surface area (Å²) in [7, 11) is 1.89. The van der Waals surface area contributed by atoms with Gasteiger partial charge in [0.2, 0.25) is 0 Å². The summed E-state index contributed by atoms with van der Waals surface area (Å²) in [5.41, 5.74) is 5.67. The molecule has 2 heterocycles. The fraction of sp³-hybridized carbons (Fsp3) is 0.160. The largest absolute Gasteiger partial charge is 0.388 e. The second-order valence-electron chi connectivity index (χ2n) is 7.74. The molecule has 0 saturated heterocycles. The van der Waals surface area contributed by atoms with Crippen molar-refractivity contribution in [3.63, 3.8) is 0 Å². The highest BCUT2D eigenvalue weighted by Gasteiger charge is 2.57. The number of carbonyl (C=O) groups is 1. The maximum absolute atomic E-state index is 12.2. The van der Waals surface area contributed by atoms with Crippen molar-refractivity contribution in [3.8, 4) is 0 Å². The second kappa shape index (κ2) is 7.26. The Balaban J connectivity index is 1.45. The molecule has 148 valence electrons. The monoisotopic (exact) mass is 394 g/mol. The number of carbonyl (C=O) groups excluding carboxylic acids is 1. The third-order valence-corrected chi connectivity index (χ3v) is 6.05. The molecule has 5 heteroatoms. The number of nitrogens with zero attached hydrogens (tertiary/aromatic N) is 2. The summed E-state index contributed by atoms with van der Waals surface area (Å²) in [6, 6.07) is 18.3. The van der Waals surface area contributed by atoms with Gasteiger partial charge in [-0.25, -0.2) is 0 Å². The van der Waals surface area contributed by atoms with Gasteiger partial charge in [0, 0.05) is 36.4 Å². The third-order valence-electron chi connectivity index (χ3n) is 6.05. The van der Waals surface area contributed by atoms with Crippen LogP contribution in [0.25, 0.3) is 23.1 Å². The van der Waals surface area contributed by atoms with E-state index < -0.39 is 5.41 Å².